The molecule has 0 unspecified atom stereocenters. The Labute approximate surface area is 116 Å². The normalized spacial score (nSPS) is 11.7. The van der Waals surface area contributed by atoms with Gasteiger partial charge in [0.1, 0.15) is 6.73 Å². The molecule has 0 aliphatic carbocycles. The summed E-state index contributed by atoms with van der Waals surface area (Å²) in [7, 11) is -0.997. The second-order valence-electron chi connectivity index (χ2n) is 5.98. The van der Waals surface area contributed by atoms with Crippen molar-refractivity contribution >= 4 is 8.07 Å². The van der Waals surface area contributed by atoms with Crippen LogP contribution in [0.15, 0.2) is 42.7 Å². The lowest BCUT2D eigenvalue weighted by Gasteiger charge is -2.15. The van der Waals surface area contributed by atoms with E-state index >= 15 is 0 Å². The van der Waals surface area contributed by atoms with Gasteiger partial charge in [-0.05, 0) is 11.6 Å². The second kappa shape index (κ2) is 6.17. The molecule has 0 atom stereocenters. The van der Waals surface area contributed by atoms with Gasteiger partial charge in [0.25, 0.3) is 0 Å². The van der Waals surface area contributed by atoms with E-state index in [0.29, 0.717) is 6.73 Å². The summed E-state index contributed by atoms with van der Waals surface area (Å²) >= 11 is 0. The molecule has 102 valence electrons. The fourth-order valence-corrected chi connectivity index (χ4v) is 2.51. The topological polar surface area (TPSA) is 27.1 Å². The van der Waals surface area contributed by atoms with Gasteiger partial charge >= 0.3 is 0 Å². The van der Waals surface area contributed by atoms with Crippen molar-refractivity contribution in [2.75, 3.05) is 6.61 Å². The molecular formula is C15H22N2OSi. The number of nitrogens with zero attached hydrogens (tertiary/aromatic N) is 2. The van der Waals surface area contributed by atoms with Gasteiger partial charge in [0.15, 0.2) is 0 Å². The van der Waals surface area contributed by atoms with Crippen LogP contribution in [0.4, 0.5) is 0 Å². The molecule has 19 heavy (non-hydrogen) atoms. The predicted octanol–water partition coefficient (Wildman–Crippen LogP) is 3.86. The lowest BCUT2D eigenvalue weighted by molar-refractivity contribution is 0.0786. The molecule has 0 radical (unpaired) electrons. The minimum absolute atomic E-state index is 0.539. The molecule has 1 aromatic heterocycles. The number of hydrogen-bond acceptors (Lipinski definition) is 2. The number of benzene rings is 1. The summed E-state index contributed by atoms with van der Waals surface area (Å²) in [6.45, 7) is 8.45. The molecule has 2 rings (SSSR count). The third-order valence-electron chi connectivity index (χ3n) is 2.96. The maximum atomic E-state index is 5.68. The zero-order chi connectivity index (χ0) is 13.7. The zero-order valence-corrected chi connectivity index (χ0v) is 13.0. The van der Waals surface area contributed by atoms with Crippen molar-refractivity contribution in [2.45, 2.75) is 32.4 Å². The average Bonchev–Trinajstić information content (AvgIpc) is 2.83. The van der Waals surface area contributed by atoms with E-state index in [1.807, 2.05) is 35.3 Å². The first kappa shape index (κ1) is 14.0. The highest BCUT2D eigenvalue weighted by Gasteiger charge is 2.12. The SMILES string of the molecule is C[Si](C)(C)CCOCn1cc(-c2ccccc2)cn1. The molecule has 0 bridgehead atoms. The fourth-order valence-electron chi connectivity index (χ4n) is 1.75. The van der Waals surface area contributed by atoms with Crippen molar-refractivity contribution in [2.24, 2.45) is 0 Å². The van der Waals surface area contributed by atoms with Crippen molar-refractivity contribution in [1.82, 2.24) is 9.78 Å². The quantitative estimate of drug-likeness (QED) is 0.591. The van der Waals surface area contributed by atoms with E-state index in [-0.39, 0.29) is 0 Å². The monoisotopic (exact) mass is 274 g/mol. The summed E-state index contributed by atoms with van der Waals surface area (Å²) in [5.74, 6) is 0. The van der Waals surface area contributed by atoms with Crippen LogP contribution < -0.4 is 0 Å². The van der Waals surface area contributed by atoms with Crippen LogP contribution in [0.25, 0.3) is 11.1 Å². The Hall–Kier alpha value is -1.39. The van der Waals surface area contributed by atoms with E-state index < -0.39 is 8.07 Å². The van der Waals surface area contributed by atoms with Crippen molar-refractivity contribution in [3.63, 3.8) is 0 Å². The summed E-state index contributed by atoms with van der Waals surface area (Å²) in [6.07, 6.45) is 3.92. The molecular weight excluding hydrogens is 252 g/mol. The average molecular weight is 274 g/mol. The van der Waals surface area contributed by atoms with Gasteiger partial charge in [-0.15, -0.1) is 0 Å². The van der Waals surface area contributed by atoms with Gasteiger partial charge in [0.05, 0.1) is 6.20 Å². The lowest BCUT2D eigenvalue weighted by Crippen LogP contribution is -2.22. The molecule has 0 amide bonds. The molecule has 0 saturated carbocycles. The van der Waals surface area contributed by atoms with E-state index in [4.69, 9.17) is 4.74 Å². The zero-order valence-electron chi connectivity index (χ0n) is 12.0. The highest BCUT2D eigenvalue weighted by Crippen LogP contribution is 2.17. The summed E-state index contributed by atoms with van der Waals surface area (Å²) in [4.78, 5) is 0. The number of rotatable bonds is 6. The largest absolute Gasteiger partial charge is 0.360 e. The molecule has 1 aromatic carbocycles. The van der Waals surface area contributed by atoms with E-state index in [1.54, 1.807) is 0 Å². The van der Waals surface area contributed by atoms with E-state index in [9.17, 15) is 0 Å². The van der Waals surface area contributed by atoms with Crippen LogP contribution >= 0.6 is 0 Å². The van der Waals surface area contributed by atoms with Crippen LogP contribution in [-0.4, -0.2) is 24.5 Å². The molecule has 3 nitrogen and oxygen atoms in total. The summed E-state index contributed by atoms with van der Waals surface area (Å²) < 4.78 is 7.53. The highest BCUT2D eigenvalue weighted by molar-refractivity contribution is 6.76. The molecule has 1 heterocycles. The van der Waals surface area contributed by atoms with Crippen LogP contribution in [0.1, 0.15) is 0 Å². The molecule has 0 fully saturated rings. The first-order valence-corrected chi connectivity index (χ1v) is 10.4. The maximum Gasteiger partial charge on any atom is 0.139 e. The van der Waals surface area contributed by atoms with Crippen molar-refractivity contribution < 1.29 is 4.74 Å². The van der Waals surface area contributed by atoms with Gasteiger partial charge < -0.3 is 4.74 Å². The Morgan fingerprint density at radius 2 is 1.84 bits per heavy atom. The molecule has 0 aliphatic heterocycles. The Morgan fingerprint density at radius 1 is 1.11 bits per heavy atom. The summed E-state index contributed by atoms with van der Waals surface area (Å²) in [6, 6.07) is 11.5. The standard InChI is InChI=1S/C15H22N2OSi/c1-19(2,3)10-9-18-13-17-12-15(11-16-17)14-7-5-4-6-8-14/h4-8,11-12H,9-10,13H2,1-3H3. The highest BCUT2D eigenvalue weighted by atomic mass is 28.3. The fraction of sp³-hybridized carbons (Fsp3) is 0.400. The Bertz CT molecular complexity index is 502. The van der Waals surface area contributed by atoms with Crippen LogP contribution in [0.5, 0.6) is 0 Å². The van der Waals surface area contributed by atoms with Gasteiger partial charge in [0, 0.05) is 26.4 Å². The summed E-state index contributed by atoms with van der Waals surface area (Å²) in [5, 5.41) is 4.33. The van der Waals surface area contributed by atoms with E-state index in [1.165, 1.54) is 11.6 Å². The maximum absolute atomic E-state index is 5.68. The van der Waals surface area contributed by atoms with Crippen LogP contribution in [0, 0.1) is 0 Å². The molecule has 0 saturated heterocycles. The third-order valence-corrected chi connectivity index (χ3v) is 4.66. The Morgan fingerprint density at radius 3 is 2.53 bits per heavy atom. The Balaban J connectivity index is 1.85. The van der Waals surface area contributed by atoms with Gasteiger partial charge in [-0.25, -0.2) is 4.68 Å². The van der Waals surface area contributed by atoms with Crippen LogP contribution in [0.3, 0.4) is 0 Å². The van der Waals surface area contributed by atoms with E-state index in [2.05, 4.69) is 36.9 Å². The first-order chi connectivity index (χ1) is 9.04. The Kier molecular flexibility index (Phi) is 4.55. The minimum Gasteiger partial charge on any atom is -0.360 e. The summed E-state index contributed by atoms with van der Waals surface area (Å²) in [5.41, 5.74) is 2.32. The lowest BCUT2D eigenvalue weighted by atomic mass is 10.1. The molecule has 0 N–H and O–H groups in total. The number of aromatic nitrogens is 2. The molecule has 2 aromatic rings. The van der Waals surface area contributed by atoms with Gasteiger partial charge in [-0.3, -0.25) is 0 Å². The van der Waals surface area contributed by atoms with Crippen molar-refractivity contribution in [3.05, 3.63) is 42.7 Å². The predicted molar refractivity (Wildman–Crippen MR) is 81.8 cm³/mol. The van der Waals surface area contributed by atoms with Gasteiger partial charge in [-0.2, -0.15) is 5.10 Å². The second-order valence-corrected chi connectivity index (χ2v) is 11.6. The molecule has 4 heteroatoms. The number of ether oxygens (including phenoxy) is 1. The van der Waals surface area contributed by atoms with E-state index in [0.717, 1.165) is 12.2 Å². The van der Waals surface area contributed by atoms with Gasteiger partial charge in [0.2, 0.25) is 0 Å². The van der Waals surface area contributed by atoms with Crippen LogP contribution in [-0.2, 0) is 11.5 Å². The first-order valence-electron chi connectivity index (χ1n) is 6.70. The third kappa shape index (κ3) is 4.65. The molecule has 0 spiro atoms. The number of hydrogen-bond donors (Lipinski definition) is 0. The van der Waals surface area contributed by atoms with Crippen molar-refractivity contribution in [1.29, 1.82) is 0 Å². The van der Waals surface area contributed by atoms with Gasteiger partial charge in [-0.1, -0.05) is 50.0 Å². The molecule has 0 aliphatic rings. The van der Waals surface area contributed by atoms with Crippen molar-refractivity contribution in [3.8, 4) is 11.1 Å². The van der Waals surface area contributed by atoms with Crippen LogP contribution in [0.2, 0.25) is 25.7 Å². The smallest absolute Gasteiger partial charge is 0.139 e. The minimum atomic E-state index is -0.997.